The van der Waals surface area contributed by atoms with E-state index in [0.717, 1.165) is 30.0 Å². The fourth-order valence-corrected chi connectivity index (χ4v) is 3.91. The highest BCUT2D eigenvalue weighted by atomic mass is 32.1. The summed E-state index contributed by atoms with van der Waals surface area (Å²) in [5.41, 5.74) is 7.12. The van der Waals surface area contributed by atoms with E-state index in [2.05, 4.69) is 5.32 Å². The van der Waals surface area contributed by atoms with Crippen LogP contribution in [-0.4, -0.2) is 11.5 Å². The van der Waals surface area contributed by atoms with Gasteiger partial charge >= 0.3 is 0 Å². The molecule has 19 heavy (non-hydrogen) atoms. The summed E-state index contributed by atoms with van der Waals surface area (Å²) in [5, 5.41) is 3.41. The zero-order valence-electron chi connectivity index (χ0n) is 10.9. The smallest absolute Gasteiger partial charge is 0.124 e. The number of fused-ring (bicyclic) bond motifs is 2. The zero-order chi connectivity index (χ0) is 13.4. The molecule has 0 heterocycles. The second-order valence-corrected chi connectivity index (χ2v) is 6.31. The van der Waals surface area contributed by atoms with E-state index in [-0.39, 0.29) is 10.8 Å². The maximum Gasteiger partial charge on any atom is 0.124 e. The molecule has 2 aliphatic carbocycles. The summed E-state index contributed by atoms with van der Waals surface area (Å²) >= 11 is 4.98. The van der Waals surface area contributed by atoms with Gasteiger partial charge in [-0.1, -0.05) is 18.6 Å². The number of nitrogens with two attached hydrogens (primary N) is 1. The van der Waals surface area contributed by atoms with Crippen LogP contribution in [0.4, 0.5) is 10.1 Å². The molecule has 0 radical (unpaired) electrons. The minimum atomic E-state index is -0.298. The lowest BCUT2D eigenvalue weighted by molar-refractivity contribution is 0.348. The van der Waals surface area contributed by atoms with Gasteiger partial charge in [-0.05, 0) is 55.2 Å². The Morgan fingerprint density at radius 1 is 1.37 bits per heavy atom. The van der Waals surface area contributed by atoms with Crippen molar-refractivity contribution in [2.24, 2.45) is 23.5 Å². The SMILES string of the molecule is NC(=S)c1cc(F)ccc1NCC1CC2CCC1C2. The van der Waals surface area contributed by atoms with E-state index in [4.69, 9.17) is 18.0 Å². The van der Waals surface area contributed by atoms with Crippen LogP contribution < -0.4 is 11.1 Å². The van der Waals surface area contributed by atoms with Crippen LogP contribution in [-0.2, 0) is 0 Å². The van der Waals surface area contributed by atoms with Gasteiger partial charge < -0.3 is 11.1 Å². The van der Waals surface area contributed by atoms with Crippen molar-refractivity contribution < 1.29 is 4.39 Å². The van der Waals surface area contributed by atoms with Gasteiger partial charge in [0, 0.05) is 17.8 Å². The Hall–Kier alpha value is -1.16. The Morgan fingerprint density at radius 2 is 2.21 bits per heavy atom. The van der Waals surface area contributed by atoms with E-state index >= 15 is 0 Å². The van der Waals surface area contributed by atoms with Gasteiger partial charge in [-0.2, -0.15) is 0 Å². The molecule has 0 aromatic heterocycles. The molecule has 2 saturated carbocycles. The van der Waals surface area contributed by atoms with Crippen LogP contribution in [0.5, 0.6) is 0 Å². The molecule has 3 N–H and O–H groups in total. The predicted molar refractivity (Wildman–Crippen MR) is 79.7 cm³/mol. The topological polar surface area (TPSA) is 38.0 Å². The van der Waals surface area contributed by atoms with Gasteiger partial charge in [-0.15, -0.1) is 0 Å². The second-order valence-electron chi connectivity index (χ2n) is 5.87. The Labute approximate surface area is 118 Å². The summed E-state index contributed by atoms with van der Waals surface area (Å²) in [6.07, 6.45) is 5.53. The number of hydrogen-bond acceptors (Lipinski definition) is 2. The first kappa shape index (κ1) is 12.9. The molecule has 0 saturated heterocycles. The van der Waals surface area contributed by atoms with Gasteiger partial charge in [0.25, 0.3) is 0 Å². The minimum absolute atomic E-state index is 0.245. The van der Waals surface area contributed by atoms with Gasteiger partial charge in [-0.3, -0.25) is 0 Å². The van der Waals surface area contributed by atoms with Crippen LogP contribution in [0.15, 0.2) is 18.2 Å². The highest BCUT2D eigenvalue weighted by Gasteiger charge is 2.39. The number of nitrogens with one attached hydrogen (secondary N) is 1. The fraction of sp³-hybridized carbons (Fsp3) is 0.533. The normalized spacial score (nSPS) is 28.6. The zero-order valence-corrected chi connectivity index (χ0v) is 11.7. The second kappa shape index (κ2) is 5.08. The molecule has 102 valence electrons. The summed E-state index contributed by atoms with van der Waals surface area (Å²) in [6.45, 7) is 0.947. The molecular formula is C15H19FN2S. The summed E-state index contributed by atoms with van der Waals surface area (Å²) < 4.78 is 13.2. The van der Waals surface area contributed by atoms with E-state index in [9.17, 15) is 4.39 Å². The Kier molecular flexibility index (Phi) is 3.44. The number of halogens is 1. The van der Waals surface area contributed by atoms with Gasteiger partial charge in [0.05, 0.1) is 0 Å². The number of thiocarbonyl (C=S) groups is 1. The molecular weight excluding hydrogens is 259 g/mol. The van der Waals surface area contributed by atoms with Crippen LogP contribution in [0.25, 0.3) is 0 Å². The van der Waals surface area contributed by atoms with Crippen LogP contribution in [0.1, 0.15) is 31.2 Å². The molecule has 3 atom stereocenters. The Morgan fingerprint density at radius 3 is 2.84 bits per heavy atom. The third-order valence-electron chi connectivity index (χ3n) is 4.69. The lowest BCUT2D eigenvalue weighted by Gasteiger charge is -2.23. The van der Waals surface area contributed by atoms with Crippen LogP contribution in [0, 0.1) is 23.6 Å². The minimum Gasteiger partial charge on any atom is -0.389 e. The third-order valence-corrected chi connectivity index (χ3v) is 4.91. The van der Waals surface area contributed by atoms with E-state index in [0.29, 0.717) is 5.56 Å². The van der Waals surface area contributed by atoms with Crippen molar-refractivity contribution in [1.29, 1.82) is 0 Å². The number of anilines is 1. The average molecular weight is 278 g/mol. The Bertz CT molecular complexity index is 503. The standard InChI is InChI=1S/C15H19FN2S/c16-12-3-4-14(13(7-12)15(17)19)18-8-11-6-9-1-2-10(11)5-9/h3-4,7,9-11,18H,1-2,5-6,8H2,(H2,17,19). The maximum absolute atomic E-state index is 13.2. The summed E-state index contributed by atoms with van der Waals surface area (Å²) in [7, 11) is 0. The van der Waals surface area contributed by atoms with Crippen molar-refractivity contribution >= 4 is 22.9 Å². The van der Waals surface area contributed by atoms with Gasteiger partial charge in [0.15, 0.2) is 0 Å². The van der Waals surface area contributed by atoms with E-state index in [1.165, 1.54) is 37.8 Å². The van der Waals surface area contributed by atoms with Gasteiger partial charge in [0.2, 0.25) is 0 Å². The monoisotopic (exact) mass is 278 g/mol. The van der Waals surface area contributed by atoms with Crippen LogP contribution >= 0.6 is 12.2 Å². The van der Waals surface area contributed by atoms with Crippen LogP contribution in [0.3, 0.4) is 0 Å². The highest BCUT2D eigenvalue weighted by Crippen LogP contribution is 2.48. The third kappa shape index (κ3) is 2.59. The average Bonchev–Trinajstić information content (AvgIpc) is 2.99. The Balaban J connectivity index is 1.68. The fourth-order valence-electron chi connectivity index (χ4n) is 3.74. The lowest BCUT2D eigenvalue weighted by Crippen LogP contribution is -2.22. The summed E-state index contributed by atoms with van der Waals surface area (Å²) in [5.74, 6) is 2.28. The quantitative estimate of drug-likeness (QED) is 0.830. The van der Waals surface area contributed by atoms with Crippen molar-refractivity contribution in [1.82, 2.24) is 0 Å². The number of hydrogen-bond donors (Lipinski definition) is 2. The molecule has 2 nitrogen and oxygen atoms in total. The number of rotatable bonds is 4. The molecule has 3 rings (SSSR count). The molecule has 0 spiro atoms. The molecule has 4 heteroatoms. The molecule has 0 aliphatic heterocycles. The molecule has 2 bridgehead atoms. The molecule has 0 amide bonds. The van der Waals surface area contributed by atoms with Crippen molar-refractivity contribution in [3.63, 3.8) is 0 Å². The maximum atomic E-state index is 13.2. The van der Waals surface area contributed by atoms with E-state index in [1.54, 1.807) is 6.07 Å². The summed E-state index contributed by atoms with van der Waals surface area (Å²) in [6, 6.07) is 4.59. The van der Waals surface area contributed by atoms with Crippen molar-refractivity contribution in [3.8, 4) is 0 Å². The van der Waals surface area contributed by atoms with Gasteiger partial charge in [0.1, 0.15) is 10.8 Å². The molecule has 1 aromatic carbocycles. The van der Waals surface area contributed by atoms with E-state index < -0.39 is 0 Å². The molecule has 2 fully saturated rings. The molecule has 2 aliphatic rings. The van der Waals surface area contributed by atoms with Crippen molar-refractivity contribution in [2.45, 2.75) is 25.7 Å². The molecule has 1 aromatic rings. The van der Waals surface area contributed by atoms with E-state index in [1.807, 2.05) is 0 Å². The highest BCUT2D eigenvalue weighted by molar-refractivity contribution is 7.80. The van der Waals surface area contributed by atoms with Crippen LogP contribution in [0.2, 0.25) is 0 Å². The number of benzene rings is 1. The van der Waals surface area contributed by atoms with Gasteiger partial charge in [-0.25, -0.2) is 4.39 Å². The first-order valence-electron chi connectivity index (χ1n) is 6.96. The van der Waals surface area contributed by atoms with Crippen molar-refractivity contribution in [2.75, 3.05) is 11.9 Å². The molecule has 3 unspecified atom stereocenters. The first-order chi connectivity index (χ1) is 9.13. The predicted octanol–water partition coefficient (Wildman–Crippen LogP) is 3.31. The van der Waals surface area contributed by atoms with Crippen molar-refractivity contribution in [3.05, 3.63) is 29.6 Å². The largest absolute Gasteiger partial charge is 0.389 e. The summed E-state index contributed by atoms with van der Waals surface area (Å²) in [4.78, 5) is 0.245. The first-order valence-corrected chi connectivity index (χ1v) is 7.37. The lowest BCUT2D eigenvalue weighted by atomic mass is 9.89.